The van der Waals surface area contributed by atoms with E-state index in [1.54, 1.807) is 0 Å². The number of rotatable bonds is 5. The van der Waals surface area contributed by atoms with Crippen molar-refractivity contribution in [2.45, 2.75) is 31.8 Å². The Kier molecular flexibility index (Phi) is 5.62. The van der Waals surface area contributed by atoms with Crippen LogP contribution >= 0.6 is 23.5 Å². The van der Waals surface area contributed by atoms with Crippen LogP contribution in [0.5, 0.6) is 5.75 Å². The van der Waals surface area contributed by atoms with Crippen molar-refractivity contribution in [2.75, 3.05) is 5.75 Å². The Morgan fingerprint density at radius 2 is 2.13 bits per heavy atom. The van der Waals surface area contributed by atoms with E-state index < -0.39 is 0 Å². The van der Waals surface area contributed by atoms with Crippen molar-refractivity contribution in [1.29, 1.82) is 0 Å². The zero-order chi connectivity index (χ0) is 16.1. The Balaban J connectivity index is 1.79. The summed E-state index contributed by atoms with van der Waals surface area (Å²) in [6.45, 7) is 3.69. The van der Waals surface area contributed by atoms with Gasteiger partial charge in [0.1, 0.15) is 15.8 Å². The first-order valence-electron chi connectivity index (χ1n) is 7.78. The standard InChI is InChI=1S/C18H19NO2S2/c1-2-11-22-18-19-15(17(20)23-18)12-13-7-3-6-10-16(13)21-14-8-4-5-9-14/h2-3,6-7,10,12,14H,1,4-5,8-9,11H2/b15-12-. The number of aliphatic imine (C=N–C) groups is 1. The molecule has 5 heteroatoms. The number of para-hydroxylation sites is 1. The van der Waals surface area contributed by atoms with Gasteiger partial charge in [0.15, 0.2) is 0 Å². The van der Waals surface area contributed by atoms with E-state index >= 15 is 0 Å². The molecule has 2 aliphatic rings. The predicted octanol–water partition coefficient (Wildman–Crippen LogP) is 4.90. The topological polar surface area (TPSA) is 38.7 Å². The maximum Gasteiger partial charge on any atom is 0.244 e. The normalized spacial score (nSPS) is 20.1. The van der Waals surface area contributed by atoms with Gasteiger partial charge in [-0.05, 0) is 49.6 Å². The lowest BCUT2D eigenvalue weighted by Crippen LogP contribution is -2.11. The number of hydrogen-bond acceptors (Lipinski definition) is 5. The number of carbonyl (C=O) groups is 1. The van der Waals surface area contributed by atoms with E-state index in [2.05, 4.69) is 11.6 Å². The molecule has 1 heterocycles. The Hall–Kier alpha value is -1.46. The molecule has 1 fully saturated rings. The molecule has 0 bridgehead atoms. The maximum absolute atomic E-state index is 12.1. The summed E-state index contributed by atoms with van der Waals surface area (Å²) in [5.74, 6) is 1.60. The molecular weight excluding hydrogens is 326 g/mol. The molecule has 0 saturated heterocycles. The van der Waals surface area contributed by atoms with Gasteiger partial charge in [-0.3, -0.25) is 4.79 Å². The summed E-state index contributed by atoms with van der Waals surface area (Å²) in [4.78, 5) is 16.5. The van der Waals surface area contributed by atoms with Gasteiger partial charge >= 0.3 is 0 Å². The van der Waals surface area contributed by atoms with Gasteiger partial charge in [-0.15, -0.1) is 6.58 Å². The highest BCUT2D eigenvalue weighted by molar-refractivity contribution is 8.45. The van der Waals surface area contributed by atoms with Crippen molar-refractivity contribution in [2.24, 2.45) is 4.99 Å². The minimum atomic E-state index is -0.00719. The highest BCUT2D eigenvalue weighted by Gasteiger charge is 2.23. The average molecular weight is 345 g/mol. The molecule has 0 N–H and O–H groups in total. The molecule has 23 heavy (non-hydrogen) atoms. The van der Waals surface area contributed by atoms with Crippen molar-refractivity contribution in [1.82, 2.24) is 0 Å². The van der Waals surface area contributed by atoms with Gasteiger partial charge in [-0.2, -0.15) is 0 Å². The fourth-order valence-corrected chi connectivity index (χ4v) is 4.22. The SMILES string of the molecule is C=CCSC1=N/C(=C\c2ccccc2OC2CCCC2)C(=O)S1. The molecule has 3 rings (SSSR count). The lowest BCUT2D eigenvalue weighted by molar-refractivity contribution is -0.107. The molecule has 0 radical (unpaired) electrons. The molecule has 1 aliphatic carbocycles. The smallest absolute Gasteiger partial charge is 0.244 e. The lowest BCUT2D eigenvalue weighted by atomic mass is 10.1. The average Bonchev–Trinajstić information content (AvgIpc) is 3.17. The quantitative estimate of drug-likeness (QED) is 0.562. The van der Waals surface area contributed by atoms with Crippen LogP contribution in [-0.2, 0) is 4.79 Å². The van der Waals surface area contributed by atoms with Gasteiger partial charge < -0.3 is 4.74 Å². The molecule has 1 saturated carbocycles. The van der Waals surface area contributed by atoms with Gasteiger partial charge in [0.25, 0.3) is 0 Å². The fraction of sp³-hybridized carbons (Fsp3) is 0.333. The van der Waals surface area contributed by atoms with E-state index in [-0.39, 0.29) is 5.12 Å². The number of thioether (sulfide) groups is 2. The van der Waals surface area contributed by atoms with Crippen molar-refractivity contribution in [3.8, 4) is 5.75 Å². The van der Waals surface area contributed by atoms with Gasteiger partial charge in [0.05, 0.1) is 6.10 Å². The van der Waals surface area contributed by atoms with Crippen LogP contribution < -0.4 is 4.74 Å². The summed E-state index contributed by atoms with van der Waals surface area (Å²) in [7, 11) is 0. The first-order chi connectivity index (χ1) is 11.3. The van der Waals surface area contributed by atoms with Gasteiger partial charge in [0, 0.05) is 11.3 Å². The minimum Gasteiger partial charge on any atom is -0.490 e. The van der Waals surface area contributed by atoms with Crippen molar-refractivity contribution in [3.63, 3.8) is 0 Å². The van der Waals surface area contributed by atoms with E-state index in [0.29, 0.717) is 11.8 Å². The summed E-state index contributed by atoms with van der Waals surface area (Å²) < 4.78 is 6.90. The second kappa shape index (κ2) is 7.88. The van der Waals surface area contributed by atoms with Crippen molar-refractivity contribution < 1.29 is 9.53 Å². The first kappa shape index (κ1) is 16.4. The third-order valence-corrected chi connectivity index (χ3v) is 5.74. The van der Waals surface area contributed by atoms with Crippen molar-refractivity contribution >= 4 is 39.1 Å². The van der Waals surface area contributed by atoms with Crippen molar-refractivity contribution in [3.05, 3.63) is 48.2 Å². The summed E-state index contributed by atoms with van der Waals surface area (Å²) in [5.41, 5.74) is 1.41. The molecule has 1 aromatic carbocycles. The zero-order valence-electron chi connectivity index (χ0n) is 12.9. The van der Waals surface area contributed by atoms with Crippen LogP contribution in [0.15, 0.2) is 47.6 Å². The summed E-state index contributed by atoms with van der Waals surface area (Å²) >= 11 is 2.72. The van der Waals surface area contributed by atoms with E-state index in [4.69, 9.17) is 4.74 Å². The first-order valence-corrected chi connectivity index (χ1v) is 9.58. The number of carbonyl (C=O) groups excluding carboxylic acids is 1. The van der Waals surface area contributed by atoms with Crippen LogP contribution in [0, 0.1) is 0 Å². The number of ether oxygens (including phenoxy) is 1. The predicted molar refractivity (Wildman–Crippen MR) is 100.0 cm³/mol. The zero-order valence-corrected chi connectivity index (χ0v) is 14.5. The molecule has 0 unspecified atom stereocenters. The van der Waals surface area contributed by atoms with E-state index in [9.17, 15) is 4.79 Å². The summed E-state index contributed by atoms with van der Waals surface area (Å²) in [6.07, 6.45) is 8.63. The Morgan fingerprint density at radius 3 is 2.91 bits per heavy atom. The molecule has 3 nitrogen and oxygen atoms in total. The Labute approximate surface area is 145 Å². The molecule has 0 spiro atoms. The van der Waals surface area contributed by atoms with E-state index in [1.807, 2.05) is 36.4 Å². The molecule has 1 aromatic rings. The van der Waals surface area contributed by atoms with Gasteiger partial charge in [-0.1, -0.05) is 36.0 Å². The molecule has 1 aliphatic heterocycles. The Morgan fingerprint density at radius 1 is 1.35 bits per heavy atom. The lowest BCUT2D eigenvalue weighted by Gasteiger charge is -2.15. The Bertz CT molecular complexity index is 661. The number of nitrogens with zero attached hydrogens (tertiary/aromatic N) is 1. The molecule has 0 amide bonds. The number of benzene rings is 1. The van der Waals surface area contributed by atoms with Crippen LogP contribution in [0.4, 0.5) is 0 Å². The second-order valence-electron chi connectivity index (χ2n) is 5.46. The summed E-state index contributed by atoms with van der Waals surface area (Å²) in [6, 6.07) is 7.86. The minimum absolute atomic E-state index is 0.00719. The number of hydrogen-bond donors (Lipinski definition) is 0. The fourth-order valence-electron chi connectivity index (χ4n) is 2.62. The molecular formula is C18H19NO2S2. The third-order valence-electron chi connectivity index (χ3n) is 3.73. The summed E-state index contributed by atoms with van der Waals surface area (Å²) in [5, 5.41) is -0.00719. The highest BCUT2D eigenvalue weighted by atomic mass is 32.2. The van der Waals surface area contributed by atoms with Crippen LogP contribution in [0.25, 0.3) is 6.08 Å². The molecule has 120 valence electrons. The van der Waals surface area contributed by atoms with Crippen LogP contribution in [-0.4, -0.2) is 21.3 Å². The maximum atomic E-state index is 12.1. The molecule has 0 atom stereocenters. The third kappa shape index (κ3) is 4.30. The van der Waals surface area contributed by atoms with Gasteiger partial charge in [0.2, 0.25) is 5.12 Å². The van der Waals surface area contributed by atoms with Crippen LogP contribution in [0.3, 0.4) is 0 Å². The highest BCUT2D eigenvalue weighted by Crippen LogP contribution is 2.33. The van der Waals surface area contributed by atoms with E-state index in [0.717, 1.165) is 34.3 Å². The van der Waals surface area contributed by atoms with Gasteiger partial charge in [-0.25, -0.2) is 4.99 Å². The van der Waals surface area contributed by atoms with Crippen LogP contribution in [0.2, 0.25) is 0 Å². The largest absolute Gasteiger partial charge is 0.490 e. The van der Waals surface area contributed by atoms with E-state index in [1.165, 1.54) is 36.4 Å². The second-order valence-corrected chi connectivity index (χ2v) is 7.69. The molecule has 0 aromatic heterocycles. The van der Waals surface area contributed by atoms with Crippen LogP contribution in [0.1, 0.15) is 31.2 Å². The monoisotopic (exact) mass is 345 g/mol.